The van der Waals surface area contributed by atoms with Crippen molar-refractivity contribution in [2.24, 2.45) is 5.92 Å². The standard InChI is InChI=1S/C16H21NO4/c1-11-4-2-3-5-14(11)21-9-8-15(18)17-13(10-16(19)20)12-6-7-12/h2-5,12-13H,6-10H2,1H3,(H,17,18)(H,19,20). The minimum Gasteiger partial charge on any atom is -0.493 e. The lowest BCUT2D eigenvalue weighted by atomic mass is 10.1. The lowest BCUT2D eigenvalue weighted by Crippen LogP contribution is -2.38. The van der Waals surface area contributed by atoms with Gasteiger partial charge in [-0.2, -0.15) is 0 Å². The monoisotopic (exact) mass is 291 g/mol. The van der Waals surface area contributed by atoms with Crippen LogP contribution < -0.4 is 10.1 Å². The second-order valence-corrected chi connectivity index (χ2v) is 5.47. The van der Waals surface area contributed by atoms with Gasteiger partial charge in [0.2, 0.25) is 5.91 Å². The lowest BCUT2D eigenvalue weighted by molar-refractivity contribution is -0.137. The number of carboxylic acids is 1. The molecule has 1 aliphatic rings. The zero-order chi connectivity index (χ0) is 15.2. The van der Waals surface area contributed by atoms with Crippen LogP contribution in [0.3, 0.4) is 0 Å². The molecule has 2 N–H and O–H groups in total. The SMILES string of the molecule is Cc1ccccc1OCCC(=O)NC(CC(=O)O)C1CC1. The van der Waals surface area contributed by atoms with Gasteiger partial charge in [0.15, 0.2) is 0 Å². The zero-order valence-electron chi connectivity index (χ0n) is 12.2. The maximum atomic E-state index is 11.9. The van der Waals surface area contributed by atoms with Crippen molar-refractivity contribution in [2.45, 2.75) is 38.6 Å². The summed E-state index contributed by atoms with van der Waals surface area (Å²) < 4.78 is 5.57. The number of carbonyl (C=O) groups excluding carboxylic acids is 1. The quantitative estimate of drug-likeness (QED) is 0.769. The Bertz CT molecular complexity index is 511. The van der Waals surface area contributed by atoms with Gasteiger partial charge in [0.05, 0.1) is 19.4 Å². The zero-order valence-corrected chi connectivity index (χ0v) is 12.2. The third-order valence-corrected chi connectivity index (χ3v) is 3.61. The Morgan fingerprint density at radius 3 is 2.71 bits per heavy atom. The first-order chi connectivity index (χ1) is 10.1. The van der Waals surface area contributed by atoms with Crippen molar-refractivity contribution in [1.29, 1.82) is 0 Å². The van der Waals surface area contributed by atoms with Crippen molar-refractivity contribution in [3.8, 4) is 5.75 Å². The molecule has 2 rings (SSSR count). The number of carboxylic acid groups (broad SMARTS) is 1. The average Bonchev–Trinajstić information content (AvgIpc) is 3.24. The number of amides is 1. The molecule has 1 fully saturated rings. The highest BCUT2D eigenvalue weighted by atomic mass is 16.5. The van der Waals surface area contributed by atoms with Crippen LogP contribution in [0.2, 0.25) is 0 Å². The molecular formula is C16H21NO4. The molecule has 1 aliphatic carbocycles. The van der Waals surface area contributed by atoms with Crippen LogP contribution in [0.5, 0.6) is 5.75 Å². The van der Waals surface area contributed by atoms with E-state index in [2.05, 4.69) is 5.32 Å². The molecule has 0 spiro atoms. The number of rotatable bonds is 8. The van der Waals surface area contributed by atoms with Crippen molar-refractivity contribution < 1.29 is 19.4 Å². The number of aliphatic carboxylic acids is 1. The van der Waals surface area contributed by atoms with Crippen LogP contribution in [0.15, 0.2) is 24.3 Å². The Balaban J connectivity index is 1.74. The van der Waals surface area contributed by atoms with E-state index < -0.39 is 5.97 Å². The molecule has 1 saturated carbocycles. The van der Waals surface area contributed by atoms with Crippen LogP contribution in [0.1, 0.15) is 31.2 Å². The minimum absolute atomic E-state index is 0.00490. The Hall–Kier alpha value is -2.04. The number of carbonyl (C=O) groups is 2. The van der Waals surface area contributed by atoms with Crippen LogP contribution >= 0.6 is 0 Å². The second-order valence-electron chi connectivity index (χ2n) is 5.47. The summed E-state index contributed by atoms with van der Waals surface area (Å²) in [5, 5.41) is 11.7. The first kappa shape index (κ1) is 15.4. The van der Waals surface area contributed by atoms with E-state index in [9.17, 15) is 9.59 Å². The fourth-order valence-corrected chi connectivity index (χ4v) is 2.27. The molecule has 0 aliphatic heterocycles. The van der Waals surface area contributed by atoms with E-state index in [0.717, 1.165) is 24.2 Å². The highest BCUT2D eigenvalue weighted by Crippen LogP contribution is 2.34. The lowest BCUT2D eigenvalue weighted by Gasteiger charge is -2.16. The molecule has 0 radical (unpaired) electrons. The van der Waals surface area contributed by atoms with Gasteiger partial charge in [0, 0.05) is 6.04 Å². The molecule has 21 heavy (non-hydrogen) atoms. The fourth-order valence-electron chi connectivity index (χ4n) is 2.27. The molecular weight excluding hydrogens is 270 g/mol. The van der Waals surface area contributed by atoms with Gasteiger partial charge in [-0.05, 0) is 37.3 Å². The van der Waals surface area contributed by atoms with Gasteiger partial charge < -0.3 is 15.2 Å². The van der Waals surface area contributed by atoms with E-state index >= 15 is 0 Å². The molecule has 5 nitrogen and oxygen atoms in total. The Morgan fingerprint density at radius 1 is 1.38 bits per heavy atom. The molecule has 0 saturated heterocycles. The van der Waals surface area contributed by atoms with Gasteiger partial charge in [-0.3, -0.25) is 9.59 Å². The van der Waals surface area contributed by atoms with E-state index in [-0.39, 0.29) is 24.8 Å². The van der Waals surface area contributed by atoms with Crippen molar-refractivity contribution in [3.63, 3.8) is 0 Å². The summed E-state index contributed by atoms with van der Waals surface area (Å²) in [7, 11) is 0. The molecule has 0 aromatic heterocycles. The molecule has 5 heteroatoms. The van der Waals surface area contributed by atoms with Gasteiger partial charge in [-0.25, -0.2) is 0 Å². The number of para-hydroxylation sites is 1. The minimum atomic E-state index is -0.872. The van der Waals surface area contributed by atoms with Crippen molar-refractivity contribution in [2.75, 3.05) is 6.61 Å². The highest BCUT2D eigenvalue weighted by Gasteiger charge is 2.33. The van der Waals surface area contributed by atoms with Crippen molar-refractivity contribution >= 4 is 11.9 Å². The summed E-state index contributed by atoms with van der Waals surface area (Å²) in [4.78, 5) is 22.6. The third-order valence-electron chi connectivity index (χ3n) is 3.61. The second kappa shape index (κ2) is 7.11. The fraction of sp³-hybridized carbons (Fsp3) is 0.500. The summed E-state index contributed by atoms with van der Waals surface area (Å²) >= 11 is 0. The van der Waals surface area contributed by atoms with Crippen LogP contribution in [-0.2, 0) is 9.59 Å². The first-order valence-corrected chi connectivity index (χ1v) is 7.26. The maximum absolute atomic E-state index is 11.9. The smallest absolute Gasteiger partial charge is 0.305 e. The topological polar surface area (TPSA) is 75.6 Å². The number of benzene rings is 1. The van der Waals surface area contributed by atoms with Crippen LogP contribution in [-0.4, -0.2) is 29.6 Å². The number of aryl methyl sites for hydroxylation is 1. The van der Waals surface area contributed by atoms with E-state index in [0.29, 0.717) is 12.5 Å². The summed E-state index contributed by atoms with van der Waals surface area (Å²) in [5.74, 6) is 0.0713. The van der Waals surface area contributed by atoms with Crippen molar-refractivity contribution in [3.05, 3.63) is 29.8 Å². The maximum Gasteiger partial charge on any atom is 0.305 e. The Morgan fingerprint density at radius 2 is 2.10 bits per heavy atom. The molecule has 1 aromatic rings. The number of hydrogen-bond donors (Lipinski definition) is 2. The van der Waals surface area contributed by atoms with E-state index in [4.69, 9.17) is 9.84 Å². The van der Waals surface area contributed by atoms with Crippen LogP contribution in [0.4, 0.5) is 0 Å². The molecule has 1 amide bonds. The molecule has 0 heterocycles. The summed E-state index contributed by atoms with van der Waals surface area (Å²) in [6, 6.07) is 7.39. The van der Waals surface area contributed by atoms with Gasteiger partial charge in [-0.15, -0.1) is 0 Å². The van der Waals surface area contributed by atoms with Gasteiger partial charge >= 0.3 is 5.97 Å². The van der Waals surface area contributed by atoms with Gasteiger partial charge in [0.1, 0.15) is 5.75 Å². The van der Waals surface area contributed by atoms with Gasteiger partial charge in [-0.1, -0.05) is 18.2 Å². The number of hydrogen-bond acceptors (Lipinski definition) is 3. The predicted molar refractivity (Wildman–Crippen MR) is 78.2 cm³/mol. The molecule has 114 valence electrons. The summed E-state index contributed by atoms with van der Waals surface area (Å²) in [6.07, 6.45) is 2.22. The first-order valence-electron chi connectivity index (χ1n) is 7.26. The van der Waals surface area contributed by atoms with Gasteiger partial charge in [0.25, 0.3) is 0 Å². The van der Waals surface area contributed by atoms with E-state index in [1.807, 2.05) is 31.2 Å². The number of ether oxygens (including phenoxy) is 1. The Labute approximate surface area is 124 Å². The summed E-state index contributed by atoms with van der Waals surface area (Å²) in [5.41, 5.74) is 1.03. The summed E-state index contributed by atoms with van der Waals surface area (Å²) in [6.45, 7) is 2.24. The molecule has 0 bridgehead atoms. The average molecular weight is 291 g/mol. The largest absolute Gasteiger partial charge is 0.493 e. The molecule has 1 atom stereocenters. The normalized spacial score (nSPS) is 15.3. The van der Waals surface area contributed by atoms with Crippen molar-refractivity contribution in [1.82, 2.24) is 5.32 Å². The van der Waals surface area contributed by atoms with Crippen LogP contribution in [0, 0.1) is 12.8 Å². The molecule has 1 unspecified atom stereocenters. The van der Waals surface area contributed by atoms with E-state index in [1.54, 1.807) is 0 Å². The number of nitrogens with one attached hydrogen (secondary N) is 1. The predicted octanol–water partition coefficient (Wildman–Crippen LogP) is 2.13. The third kappa shape index (κ3) is 5.10. The highest BCUT2D eigenvalue weighted by molar-refractivity contribution is 5.77. The van der Waals surface area contributed by atoms with E-state index in [1.165, 1.54) is 0 Å². The van der Waals surface area contributed by atoms with Crippen LogP contribution in [0.25, 0.3) is 0 Å². The Kier molecular flexibility index (Phi) is 5.20. The molecule has 1 aromatic carbocycles.